The van der Waals surface area contributed by atoms with Gasteiger partial charge in [-0.3, -0.25) is 0 Å². The minimum absolute atomic E-state index is 1.14. The Morgan fingerprint density at radius 2 is 0.878 bits per heavy atom. The molecule has 0 spiro atoms. The molecule has 0 radical (unpaired) electrons. The molecule has 0 aliphatic carbocycles. The Labute approximate surface area is 250 Å². The molecule has 0 amide bonds. The topological polar surface area (TPSA) is 0 Å². The average molecular weight is 595 g/mol. The van der Waals surface area contributed by atoms with Crippen LogP contribution in [0.4, 0.5) is 0 Å². The Balaban J connectivity index is 1.79. The van der Waals surface area contributed by atoms with Crippen LogP contribution in [0.5, 0.6) is 0 Å². The molecule has 0 fully saturated rings. The maximum absolute atomic E-state index is 3.46. The fraction of sp³-hybridized carbons (Fsp3) is 0.200. The maximum atomic E-state index is 2.51. The van der Waals surface area contributed by atoms with Crippen molar-refractivity contribution in [2.75, 3.05) is 0 Å². The Morgan fingerprint density at radius 1 is 0.488 bits per heavy atom. The molecule has 0 heterocycles. The number of rotatable bonds is 12. The summed E-state index contributed by atoms with van der Waals surface area (Å²) in [6.45, 7) is 4.53. The molecule has 41 heavy (non-hydrogen) atoms. The summed E-state index contributed by atoms with van der Waals surface area (Å²) < 4.78 is 5.82. The molecular weight excluding hydrogens is 553 g/mol. The number of unbranched alkanes of at least 4 members (excludes halogenated alkanes) is 2. The summed E-state index contributed by atoms with van der Waals surface area (Å²) in [7, 11) is 0. The van der Waals surface area contributed by atoms with E-state index in [0.29, 0.717) is 0 Å². The standard InChI is InChI=1S/C40H42Ge/c1-3-5-16-33-24-26-35(27-25-33)32-40(36-30-28-34(29-31-36)17-6-4-2)41(37-18-10-7-11-19-37,38-20-12-8-13-21-38)39-22-14-9-15-23-39/h7-15,18-32H,3-6,16-17H2,1-2H3/b40-32-. The molecule has 206 valence electrons. The van der Waals surface area contributed by atoms with Crippen LogP contribution in [-0.4, -0.2) is 13.3 Å². The first kappa shape index (κ1) is 28.9. The molecule has 5 aromatic carbocycles. The van der Waals surface area contributed by atoms with E-state index in [9.17, 15) is 0 Å². The first-order chi connectivity index (χ1) is 20.3. The van der Waals surface area contributed by atoms with E-state index in [2.05, 4.69) is 159 Å². The fourth-order valence-electron chi connectivity index (χ4n) is 6.00. The molecule has 0 unspecified atom stereocenters. The molecule has 5 rings (SSSR count). The van der Waals surface area contributed by atoms with Crippen molar-refractivity contribution in [3.05, 3.63) is 162 Å². The minimum atomic E-state index is -3.46. The van der Waals surface area contributed by atoms with Gasteiger partial charge in [0, 0.05) is 0 Å². The van der Waals surface area contributed by atoms with E-state index in [-0.39, 0.29) is 0 Å². The second kappa shape index (κ2) is 14.3. The molecule has 0 bridgehead atoms. The predicted molar refractivity (Wildman–Crippen MR) is 182 cm³/mol. The zero-order chi connectivity index (χ0) is 28.3. The Kier molecular flexibility index (Phi) is 10.1. The third-order valence-electron chi connectivity index (χ3n) is 8.22. The van der Waals surface area contributed by atoms with E-state index in [1.165, 1.54) is 65.5 Å². The molecule has 0 aromatic heterocycles. The number of aryl methyl sites for hydroxylation is 2. The van der Waals surface area contributed by atoms with Gasteiger partial charge < -0.3 is 0 Å². The summed E-state index contributed by atoms with van der Waals surface area (Å²) in [5.74, 6) is 0. The van der Waals surface area contributed by atoms with Crippen LogP contribution in [0, 0.1) is 0 Å². The molecule has 0 N–H and O–H groups in total. The number of hydrogen-bond donors (Lipinski definition) is 0. The Morgan fingerprint density at radius 3 is 1.27 bits per heavy atom. The Hall–Kier alpha value is -3.62. The van der Waals surface area contributed by atoms with Crippen molar-refractivity contribution < 1.29 is 0 Å². The SMILES string of the molecule is CCCCc1ccc(/C=[C](/c2ccc(CCCC)cc2)[Ge]([c]2ccccc2)([c]2ccccc2)[c]2ccccc2)cc1. The monoisotopic (exact) mass is 596 g/mol. The molecule has 0 saturated heterocycles. The van der Waals surface area contributed by atoms with Crippen LogP contribution in [0.25, 0.3) is 10.5 Å². The second-order valence-corrected chi connectivity index (χ2v) is 19.0. The van der Waals surface area contributed by atoms with E-state index in [1.54, 1.807) is 0 Å². The van der Waals surface area contributed by atoms with Crippen molar-refractivity contribution in [2.45, 2.75) is 52.4 Å². The summed E-state index contributed by atoms with van der Waals surface area (Å²) in [4.78, 5) is 0. The molecule has 0 nitrogen and oxygen atoms in total. The van der Waals surface area contributed by atoms with Crippen molar-refractivity contribution in [3.8, 4) is 0 Å². The van der Waals surface area contributed by atoms with Crippen molar-refractivity contribution in [1.82, 2.24) is 0 Å². The van der Waals surface area contributed by atoms with Gasteiger partial charge in [-0.15, -0.1) is 0 Å². The van der Waals surface area contributed by atoms with Crippen LogP contribution >= 0.6 is 0 Å². The van der Waals surface area contributed by atoms with Gasteiger partial charge >= 0.3 is 251 Å². The zero-order valence-corrected chi connectivity index (χ0v) is 26.7. The van der Waals surface area contributed by atoms with Gasteiger partial charge in [0.15, 0.2) is 0 Å². The van der Waals surface area contributed by atoms with Crippen molar-refractivity contribution in [3.63, 3.8) is 0 Å². The molecule has 0 aliphatic rings. The average Bonchev–Trinajstić information content (AvgIpc) is 3.05. The first-order valence-corrected chi connectivity index (χ1v) is 19.5. The second-order valence-electron chi connectivity index (χ2n) is 11.1. The van der Waals surface area contributed by atoms with Crippen molar-refractivity contribution >= 4 is 36.9 Å². The van der Waals surface area contributed by atoms with E-state index in [1.807, 2.05) is 0 Å². The van der Waals surface area contributed by atoms with Crippen LogP contribution in [0.3, 0.4) is 0 Å². The summed E-state index contributed by atoms with van der Waals surface area (Å²) in [6.07, 6.45) is 9.70. The number of hydrogen-bond acceptors (Lipinski definition) is 0. The van der Waals surface area contributed by atoms with Crippen LogP contribution in [0.1, 0.15) is 61.8 Å². The third kappa shape index (κ3) is 6.66. The normalized spacial score (nSPS) is 11.9. The molecular formula is C40H42Ge. The molecule has 5 aromatic rings. The molecule has 0 aliphatic heterocycles. The summed E-state index contributed by atoms with van der Waals surface area (Å²) in [5, 5.41) is 0. The molecule has 1 heteroatoms. The van der Waals surface area contributed by atoms with E-state index in [0.717, 1.165) is 12.8 Å². The fourth-order valence-corrected chi connectivity index (χ4v) is 16.5. The predicted octanol–water partition coefficient (Wildman–Crippen LogP) is 8.62. The van der Waals surface area contributed by atoms with Crippen LogP contribution in [-0.2, 0) is 12.8 Å². The van der Waals surface area contributed by atoms with E-state index in [4.69, 9.17) is 0 Å². The van der Waals surface area contributed by atoms with Gasteiger partial charge in [-0.1, -0.05) is 0 Å². The van der Waals surface area contributed by atoms with Gasteiger partial charge in [0.25, 0.3) is 0 Å². The van der Waals surface area contributed by atoms with Gasteiger partial charge in [0.1, 0.15) is 0 Å². The van der Waals surface area contributed by atoms with Gasteiger partial charge in [0.05, 0.1) is 0 Å². The zero-order valence-electron chi connectivity index (χ0n) is 24.6. The van der Waals surface area contributed by atoms with E-state index >= 15 is 0 Å². The van der Waals surface area contributed by atoms with E-state index < -0.39 is 13.3 Å². The summed E-state index contributed by atoms with van der Waals surface area (Å²) in [6, 6.07) is 52.8. The molecule has 0 saturated carbocycles. The quantitative estimate of drug-likeness (QED) is 0.100. The van der Waals surface area contributed by atoms with Gasteiger partial charge in [-0.2, -0.15) is 0 Å². The van der Waals surface area contributed by atoms with Crippen LogP contribution in [0.2, 0.25) is 0 Å². The molecule has 0 atom stereocenters. The van der Waals surface area contributed by atoms with Crippen LogP contribution < -0.4 is 13.2 Å². The third-order valence-corrected chi connectivity index (χ3v) is 18.4. The summed E-state index contributed by atoms with van der Waals surface area (Å²) >= 11 is -3.46. The van der Waals surface area contributed by atoms with Crippen LogP contribution in [0.15, 0.2) is 140 Å². The van der Waals surface area contributed by atoms with Crippen molar-refractivity contribution in [1.29, 1.82) is 0 Å². The van der Waals surface area contributed by atoms with Crippen molar-refractivity contribution in [2.24, 2.45) is 0 Å². The first-order valence-electron chi connectivity index (χ1n) is 15.3. The summed E-state index contributed by atoms with van der Waals surface area (Å²) in [5.41, 5.74) is 5.45. The van der Waals surface area contributed by atoms with Gasteiger partial charge in [0.2, 0.25) is 0 Å². The Bertz CT molecular complexity index is 1400. The number of benzene rings is 5. The van der Waals surface area contributed by atoms with Gasteiger partial charge in [-0.25, -0.2) is 0 Å². The van der Waals surface area contributed by atoms with Gasteiger partial charge in [-0.05, 0) is 0 Å².